The predicted molar refractivity (Wildman–Crippen MR) is 158 cm³/mol. The predicted octanol–water partition coefficient (Wildman–Crippen LogP) is 5.54. The molecule has 1 unspecified atom stereocenters. The molecule has 4 aromatic rings. The quantitative estimate of drug-likeness (QED) is 0.189. The number of methoxy groups -OCH3 is 2. The van der Waals surface area contributed by atoms with Gasteiger partial charge in [0.25, 0.3) is 0 Å². The molecule has 40 heavy (non-hydrogen) atoms. The van der Waals surface area contributed by atoms with Crippen LogP contribution in [0.3, 0.4) is 0 Å². The van der Waals surface area contributed by atoms with Crippen molar-refractivity contribution < 1.29 is 19.0 Å². The number of fused-ring (bicyclic) bond motifs is 5. The van der Waals surface area contributed by atoms with Gasteiger partial charge in [-0.15, -0.1) is 18.8 Å². The monoisotopic (exact) mass is 556 g/mol. The van der Waals surface area contributed by atoms with E-state index in [4.69, 9.17) is 30.7 Å². The van der Waals surface area contributed by atoms with Crippen molar-refractivity contribution in [1.82, 2.24) is 9.88 Å². The fourth-order valence-electron chi connectivity index (χ4n) is 4.59. The fraction of sp³-hybridized carbons (Fsp3) is 0.226. The van der Waals surface area contributed by atoms with Crippen LogP contribution in [0.4, 0.5) is 0 Å². The van der Waals surface area contributed by atoms with Crippen molar-refractivity contribution in [2.24, 2.45) is 5.16 Å². The second-order valence-electron chi connectivity index (χ2n) is 9.31. The first-order valence-electron chi connectivity index (χ1n) is 12.4. The van der Waals surface area contributed by atoms with Gasteiger partial charge in [0.15, 0.2) is 11.5 Å². The number of nitriles is 1. The number of likely N-dealkylation sites (N-methyl/N-ethyl adjacent to an activating group) is 1. The summed E-state index contributed by atoms with van der Waals surface area (Å²) in [6, 6.07) is 18.8. The minimum Gasteiger partial charge on any atom is -0.493 e. The summed E-state index contributed by atoms with van der Waals surface area (Å²) in [5.74, 6) is 4.59. The summed E-state index contributed by atoms with van der Waals surface area (Å²) < 4.78 is 17.2. The van der Waals surface area contributed by atoms with Crippen molar-refractivity contribution >= 4 is 29.0 Å². The zero-order valence-electron chi connectivity index (χ0n) is 22.6. The fourth-order valence-corrected chi connectivity index (χ4v) is 4.59. The molecule has 9 heteroatoms. The molecule has 0 spiro atoms. The molecule has 0 bridgehead atoms. The largest absolute Gasteiger partial charge is 0.493 e. The molecule has 1 heterocycles. The number of hydrogen-bond donors (Lipinski definition) is 1. The molecule has 0 radical (unpaired) electrons. The first kappa shape index (κ1) is 28.4. The highest BCUT2D eigenvalue weighted by Crippen LogP contribution is 2.46. The maximum Gasteiger partial charge on any atom is 0.212 e. The van der Waals surface area contributed by atoms with Gasteiger partial charge in [-0.1, -0.05) is 23.2 Å². The number of nitrogens with one attached hydrogen (secondary N) is 1. The third-order valence-corrected chi connectivity index (χ3v) is 6.61. The summed E-state index contributed by atoms with van der Waals surface area (Å²) in [6.45, 7) is 1.37. The second-order valence-corrected chi connectivity index (χ2v) is 9.31. The lowest BCUT2D eigenvalue weighted by Gasteiger charge is -2.13. The summed E-state index contributed by atoms with van der Waals surface area (Å²) in [6.07, 6.45) is 5.08. The number of aromatic amines is 1. The molecule has 1 N–H and O–H groups in total. The van der Waals surface area contributed by atoms with Crippen LogP contribution >= 0.6 is 12.4 Å². The Morgan fingerprint density at radius 3 is 2.33 bits per heavy atom. The van der Waals surface area contributed by atoms with Gasteiger partial charge in [-0.3, -0.25) is 0 Å². The highest BCUT2D eigenvalue weighted by Gasteiger charge is 2.32. The Morgan fingerprint density at radius 2 is 1.70 bits per heavy atom. The van der Waals surface area contributed by atoms with Crippen LogP contribution in [0, 0.1) is 23.7 Å². The molecule has 0 saturated heterocycles. The van der Waals surface area contributed by atoms with E-state index in [2.05, 4.69) is 27.0 Å². The lowest BCUT2D eigenvalue weighted by Crippen LogP contribution is -2.19. The normalized spacial score (nSPS) is 13.1. The van der Waals surface area contributed by atoms with Crippen LogP contribution in [0.25, 0.3) is 22.2 Å². The molecule has 8 nitrogen and oxygen atoms in total. The minimum absolute atomic E-state index is 0. The zero-order valence-corrected chi connectivity index (χ0v) is 23.5. The first-order chi connectivity index (χ1) is 19.0. The van der Waals surface area contributed by atoms with Crippen molar-refractivity contribution in [3.63, 3.8) is 0 Å². The van der Waals surface area contributed by atoms with Gasteiger partial charge in [-0.05, 0) is 56.6 Å². The van der Waals surface area contributed by atoms with Crippen LogP contribution in [-0.4, -0.2) is 57.1 Å². The molecule has 0 aliphatic heterocycles. The highest BCUT2D eigenvalue weighted by molar-refractivity contribution is 6.30. The van der Waals surface area contributed by atoms with Crippen molar-refractivity contribution in [2.45, 2.75) is 6.10 Å². The summed E-state index contributed by atoms with van der Waals surface area (Å²) in [4.78, 5) is 11.6. The van der Waals surface area contributed by atoms with E-state index in [0.717, 1.165) is 51.1 Å². The molecule has 1 aliphatic rings. The Kier molecular flexibility index (Phi) is 8.55. The summed E-state index contributed by atoms with van der Waals surface area (Å²) in [5.41, 5.74) is 6.33. The number of benzene rings is 3. The minimum atomic E-state index is -0.743. The van der Waals surface area contributed by atoms with E-state index in [1.54, 1.807) is 38.5 Å². The topological polar surface area (TPSA) is 92.1 Å². The summed E-state index contributed by atoms with van der Waals surface area (Å²) in [7, 11) is 7.22. The van der Waals surface area contributed by atoms with Crippen LogP contribution in [-0.2, 0) is 4.84 Å². The molecule has 1 aromatic heterocycles. The van der Waals surface area contributed by atoms with E-state index in [9.17, 15) is 0 Å². The van der Waals surface area contributed by atoms with Gasteiger partial charge in [0.2, 0.25) is 6.10 Å². The molecule has 204 valence electrons. The summed E-state index contributed by atoms with van der Waals surface area (Å²) in [5, 5.41) is 14.7. The van der Waals surface area contributed by atoms with Crippen molar-refractivity contribution in [3.8, 4) is 46.9 Å². The Bertz CT molecular complexity index is 1650. The third-order valence-electron chi connectivity index (χ3n) is 6.61. The van der Waals surface area contributed by atoms with E-state index >= 15 is 0 Å². The highest BCUT2D eigenvalue weighted by atomic mass is 35.5. The number of ether oxygens (including phenoxy) is 3. The third kappa shape index (κ3) is 5.28. The molecular weight excluding hydrogens is 528 g/mol. The number of rotatable bonds is 9. The van der Waals surface area contributed by atoms with E-state index < -0.39 is 6.10 Å². The van der Waals surface area contributed by atoms with E-state index in [-0.39, 0.29) is 12.4 Å². The Labute approximate surface area is 239 Å². The molecule has 1 atom stereocenters. The van der Waals surface area contributed by atoms with Gasteiger partial charge in [0.05, 0.1) is 31.5 Å². The van der Waals surface area contributed by atoms with Crippen LogP contribution in [0.1, 0.15) is 28.4 Å². The molecule has 0 saturated carbocycles. The molecule has 0 amide bonds. The van der Waals surface area contributed by atoms with Gasteiger partial charge >= 0.3 is 0 Å². The van der Waals surface area contributed by atoms with Crippen molar-refractivity contribution in [1.29, 1.82) is 5.26 Å². The number of aromatic nitrogens is 1. The second kappa shape index (κ2) is 12.0. The maximum atomic E-state index is 9.12. The van der Waals surface area contributed by atoms with Gasteiger partial charge in [-0.2, -0.15) is 5.26 Å². The first-order valence-corrected chi connectivity index (χ1v) is 12.4. The molecule has 5 rings (SSSR count). The van der Waals surface area contributed by atoms with Crippen LogP contribution in [0.15, 0.2) is 59.8 Å². The van der Waals surface area contributed by atoms with Crippen molar-refractivity contribution in [3.05, 3.63) is 76.9 Å². The van der Waals surface area contributed by atoms with Crippen molar-refractivity contribution in [2.75, 3.05) is 41.5 Å². The van der Waals surface area contributed by atoms with E-state index in [0.29, 0.717) is 29.4 Å². The SMILES string of the molecule is C#CC(ON=C1c2cc(OC)c(OC)cc2-c2[nH]c3ccc(OCCN(C)C)cc3c21)c1ccc(C#N)cc1.Cl. The number of terminal acetylenes is 1. The Morgan fingerprint density at radius 1 is 1.00 bits per heavy atom. The van der Waals surface area contributed by atoms with Crippen LogP contribution < -0.4 is 14.2 Å². The molecule has 0 fully saturated rings. The lowest BCUT2D eigenvalue weighted by atomic mass is 10.1. The maximum absolute atomic E-state index is 9.12. The number of nitrogens with zero attached hydrogens (tertiary/aromatic N) is 3. The van der Waals surface area contributed by atoms with Crippen LogP contribution in [0.2, 0.25) is 0 Å². The smallest absolute Gasteiger partial charge is 0.212 e. The van der Waals surface area contributed by atoms with Gasteiger partial charge in [0.1, 0.15) is 18.1 Å². The van der Waals surface area contributed by atoms with Gasteiger partial charge < -0.3 is 28.9 Å². The van der Waals surface area contributed by atoms with Gasteiger partial charge in [-0.25, -0.2) is 0 Å². The number of oxime groups is 1. The van der Waals surface area contributed by atoms with Crippen LogP contribution in [0.5, 0.6) is 17.2 Å². The standard InChI is InChI=1S/C31H28N4O4.ClH/c1-6-26(20-9-7-19(18-32)8-10-20)39-34-31-23-17-28(37-5)27(36-4)16-22(23)30-29(31)24-15-21(11-12-25(24)33-30)38-14-13-35(2)3;/h1,7-12,15-17,26,33H,13-14H2,2-5H3;1H. The number of H-pyrrole nitrogens is 1. The molecular formula is C31H29ClN4O4. The van der Waals surface area contributed by atoms with E-state index in [1.807, 2.05) is 44.4 Å². The molecule has 3 aromatic carbocycles. The number of halogens is 1. The van der Waals surface area contributed by atoms with E-state index in [1.165, 1.54) is 0 Å². The number of hydrogen-bond acceptors (Lipinski definition) is 7. The average molecular weight is 557 g/mol. The Hall–Kier alpha value is -4.63. The molecule has 1 aliphatic carbocycles. The Balaban J connectivity index is 0.00000370. The zero-order chi connectivity index (χ0) is 27.5. The summed E-state index contributed by atoms with van der Waals surface area (Å²) >= 11 is 0. The lowest BCUT2D eigenvalue weighted by molar-refractivity contribution is 0.100. The average Bonchev–Trinajstić information content (AvgIpc) is 3.46. The van der Waals surface area contributed by atoms with Gasteiger partial charge in [0, 0.05) is 39.7 Å².